The van der Waals surface area contributed by atoms with Crippen LogP contribution in [0.2, 0.25) is 5.02 Å². The van der Waals surface area contributed by atoms with E-state index in [-0.39, 0.29) is 11.5 Å². The van der Waals surface area contributed by atoms with Gasteiger partial charge < -0.3 is 9.15 Å². The minimum atomic E-state index is -3.59. The Labute approximate surface area is 191 Å². The van der Waals surface area contributed by atoms with Crippen LogP contribution in [0.1, 0.15) is 12.8 Å². The second-order valence-corrected chi connectivity index (χ2v) is 10.4. The zero-order valence-corrected chi connectivity index (χ0v) is 19.4. The number of fused-ring (bicyclic) bond motifs is 1. The van der Waals surface area contributed by atoms with E-state index in [0.717, 1.165) is 10.7 Å². The van der Waals surface area contributed by atoms with E-state index in [1.807, 2.05) is 4.72 Å². The smallest absolute Gasteiger partial charge is 0.236 e. The van der Waals surface area contributed by atoms with Crippen LogP contribution in [0.25, 0.3) is 22.3 Å². The molecular formula is C21H17BrClNO6S. The lowest BCUT2D eigenvalue weighted by molar-refractivity contribution is -0.128. The molecule has 31 heavy (non-hydrogen) atoms. The molecule has 2 aromatic carbocycles. The SMILES string of the molecule is CS(=O)(=O)NC(=O)C1CC(Oc2cc(Br)ccc2-c2cc(=O)c3cccc(Cl)c3o2)C1. The second kappa shape index (κ2) is 8.29. The molecule has 162 valence electrons. The Morgan fingerprint density at radius 3 is 2.68 bits per heavy atom. The first-order chi connectivity index (χ1) is 14.6. The van der Waals surface area contributed by atoms with Crippen molar-refractivity contribution >= 4 is 54.4 Å². The summed E-state index contributed by atoms with van der Waals surface area (Å²) in [7, 11) is -3.59. The normalized spacial score (nSPS) is 18.4. The lowest BCUT2D eigenvalue weighted by Gasteiger charge is -2.34. The molecule has 0 bridgehead atoms. The van der Waals surface area contributed by atoms with Crippen molar-refractivity contribution in [2.24, 2.45) is 5.92 Å². The fourth-order valence-electron chi connectivity index (χ4n) is 3.39. The summed E-state index contributed by atoms with van der Waals surface area (Å²) in [5, 5.41) is 0.712. The number of hydrogen-bond donors (Lipinski definition) is 1. The van der Waals surface area contributed by atoms with E-state index >= 15 is 0 Å². The number of rotatable bonds is 5. The Hall–Kier alpha value is -2.36. The topological polar surface area (TPSA) is 103 Å². The number of amides is 1. The van der Waals surface area contributed by atoms with Crippen molar-refractivity contribution < 1.29 is 22.4 Å². The second-order valence-electron chi connectivity index (χ2n) is 7.38. The summed E-state index contributed by atoms with van der Waals surface area (Å²) in [5.74, 6) is -0.200. The van der Waals surface area contributed by atoms with Crippen molar-refractivity contribution in [3.63, 3.8) is 0 Å². The highest BCUT2D eigenvalue weighted by Crippen LogP contribution is 2.38. The highest BCUT2D eigenvalue weighted by atomic mass is 79.9. The van der Waals surface area contributed by atoms with Gasteiger partial charge in [0.1, 0.15) is 17.6 Å². The number of carbonyl (C=O) groups excluding carboxylic acids is 1. The molecule has 1 aliphatic rings. The molecule has 1 aliphatic carbocycles. The molecule has 4 rings (SSSR count). The molecule has 0 spiro atoms. The zero-order chi connectivity index (χ0) is 22.3. The van der Waals surface area contributed by atoms with E-state index in [1.54, 1.807) is 36.4 Å². The van der Waals surface area contributed by atoms with E-state index in [0.29, 0.717) is 45.9 Å². The van der Waals surface area contributed by atoms with Gasteiger partial charge >= 0.3 is 0 Å². The van der Waals surface area contributed by atoms with Gasteiger partial charge in [0.2, 0.25) is 15.9 Å². The average Bonchev–Trinajstić information content (AvgIpc) is 2.63. The Morgan fingerprint density at radius 1 is 1.23 bits per heavy atom. The van der Waals surface area contributed by atoms with E-state index in [9.17, 15) is 18.0 Å². The summed E-state index contributed by atoms with van der Waals surface area (Å²) in [6, 6.07) is 11.7. The van der Waals surface area contributed by atoms with E-state index in [2.05, 4.69) is 15.9 Å². The Morgan fingerprint density at radius 2 is 1.97 bits per heavy atom. The zero-order valence-electron chi connectivity index (χ0n) is 16.2. The molecule has 0 aliphatic heterocycles. The van der Waals surface area contributed by atoms with Gasteiger partial charge in [0.15, 0.2) is 11.0 Å². The van der Waals surface area contributed by atoms with Crippen LogP contribution >= 0.6 is 27.5 Å². The Bertz CT molecular complexity index is 1350. The molecule has 1 aromatic heterocycles. The molecule has 0 unspecified atom stereocenters. The van der Waals surface area contributed by atoms with Crippen LogP contribution < -0.4 is 14.9 Å². The van der Waals surface area contributed by atoms with Gasteiger partial charge in [0, 0.05) is 16.5 Å². The van der Waals surface area contributed by atoms with Gasteiger partial charge in [-0.3, -0.25) is 14.3 Å². The number of carbonyl (C=O) groups is 1. The molecule has 1 heterocycles. The van der Waals surface area contributed by atoms with Crippen LogP contribution in [-0.4, -0.2) is 26.7 Å². The first-order valence-corrected chi connectivity index (χ1v) is 12.4. The molecule has 1 amide bonds. The average molecular weight is 527 g/mol. The van der Waals surface area contributed by atoms with Crippen molar-refractivity contribution in [1.29, 1.82) is 0 Å². The summed E-state index contributed by atoms with van der Waals surface area (Å²) in [6.07, 6.45) is 1.41. The Balaban J connectivity index is 1.60. The molecule has 1 saturated carbocycles. The first-order valence-electron chi connectivity index (χ1n) is 9.31. The third kappa shape index (κ3) is 4.78. The summed E-state index contributed by atoms with van der Waals surface area (Å²) < 4.78 is 37.2. The van der Waals surface area contributed by atoms with Gasteiger partial charge in [0.25, 0.3) is 0 Å². The Kier molecular flexibility index (Phi) is 5.85. The number of ether oxygens (including phenoxy) is 1. The van der Waals surface area contributed by atoms with Crippen LogP contribution in [-0.2, 0) is 14.8 Å². The first kappa shape index (κ1) is 21.9. The molecule has 0 atom stereocenters. The number of sulfonamides is 1. The lowest BCUT2D eigenvalue weighted by Crippen LogP contribution is -2.45. The highest BCUT2D eigenvalue weighted by molar-refractivity contribution is 9.10. The largest absolute Gasteiger partial charge is 0.490 e. The number of halogens is 2. The van der Waals surface area contributed by atoms with Gasteiger partial charge in [-0.05, 0) is 43.2 Å². The minimum absolute atomic E-state index is 0.228. The molecule has 7 nitrogen and oxygen atoms in total. The fourth-order valence-corrected chi connectivity index (χ4v) is 4.48. The third-order valence-electron chi connectivity index (χ3n) is 4.96. The predicted octanol–water partition coefficient (Wildman–Crippen LogP) is 4.11. The summed E-state index contributed by atoms with van der Waals surface area (Å²) in [5.41, 5.74) is 0.626. The quantitative estimate of drug-likeness (QED) is 0.537. The summed E-state index contributed by atoms with van der Waals surface area (Å²) in [6.45, 7) is 0. The predicted molar refractivity (Wildman–Crippen MR) is 121 cm³/mol. The van der Waals surface area contributed by atoms with Crippen molar-refractivity contribution in [2.45, 2.75) is 18.9 Å². The molecule has 1 N–H and O–H groups in total. The van der Waals surface area contributed by atoms with Crippen molar-refractivity contribution in [2.75, 3.05) is 6.26 Å². The molecule has 1 fully saturated rings. The minimum Gasteiger partial charge on any atom is -0.490 e. The van der Waals surface area contributed by atoms with Crippen LogP contribution in [0, 0.1) is 5.92 Å². The van der Waals surface area contributed by atoms with E-state index < -0.39 is 21.8 Å². The molecule has 0 saturated heterocycles. The molecular weight excluding hydrogens is 510 g/mol. The number of hydrogen-bond acceptors (Lipinski definition) is 6. The van der Waals surface area contributed by atoms with Crippen LogP contribution in [0.4, 0.5) is 0 Å². The number of nitrogens with one attached hydrogen (secondary N) is 1. The van der Waals surface area contributed by atoms with Gasteiger partial charge in [-0.1, -0.05) is 33.6 Å². The van der Waals surface area contributed by atoms with Gasteiger partial charge in [-0.2, -0.15) is 0 Å². The maximum absolute atomic E-state index is 12.6. The van der Waals surface area contributed by atoms with E-state index in [4.69, 9.17) is 20.8 Å². The molecule has 0 radical (unpaired) electrons. The number of para-hydroxylation sites is 1. The third-order valence-corrected chi connectivity index (χ3v) is 6.32. The van der Waals surface area contributed by atoms with Gasteiger partial charge in [-0.15, -0.1) is 0 Å². The van der Waals surface area contributed by atoms with Crippen molar-refractivity contribution in [1.82, 2.24) is 4.72 Å². The highest BCUT2D eigenvalue weighted by Gasteiger charge is 2.37. The van der Waals surface area contributed by atoms with E-state index in [1.165, 1.54) is 6.07 Å². The standard InChI is InChI=1S/C21H17BrClNO6S/c1-31(27,28)24-21(26)11-7-13(8-11)29-18-9-12(22)5-6-15(18)19-10-17(25)14-3-2-4-16(23)20(14)30-19/h2-6,9-11,13H,7-8H2,1H3,(H,24,26). The maximum atomic E-state index is 12.6. The van der Waals surface area contributed by atoms with Crippen LogP contribution in [0.5, 0.6) is 5.75 Å². The van der Waals surface area contributed by atoms with Crippen LogP contribution in [0.3, 0.4) is 0 Å². The van der Waals surface area contributed by atoms with Gasteiger partial charge in [-0.25, -0.2) is 8.42 Å². The van der Waals surface area contributed by atoms with Crippen LogP contribution in [0.15, 0.2) is 56.1 Å². The van der Waals surface area contributed by atoms with Crippen molar-refractivity contribution in [3.05, 3.63) is 62.2 Å². The number of benzene rings is 2. The fraction of sp³-hybridized carbons (Fsp3) is 0.238. The van der Waals surface area contributed by atoms with Gasteiger partial charge in [0.05, 0.1) is 22.2 Å². The molecule has 3 aromatic rings. The lowest BCUT2D eigenvalue weighted by atomic mass is 9.82. The summed E-state index contributed by atoms with van der Waals surface area (Å²) >= 11 is 9.62. The van der Waals surface area contributed by atoms with Crippen molar-refractivity contribution in [3.8, 4) is 17.1 Å². The maximum Gasteiger partial charge on any atom is 0.236 e. The summed E-state index contributed by atoms with van der Waals surface area (Å²) in [4.78, 5) is 24.5. The molecule has 10 heteroatoms. The monoisotopic (exact) mass is 525 g/mol.